The van der Waals surface area contributed by atoms with E-state index in [0.29, 0.717) is 0 Å². The molecule has 2 rings (SSSR count). The largest absolute Gasteiger partial charge is 0.389 e. The molecule has 11 nitrogen and oxygen atoms in total. The van der Waals surface area contributed by atoms with E-state index in [0.717, 1.165) is 0 Å². The van der Waals surface area contributed by atoms with Gasteiger partial charge in [-0.1, -0.05) is 0 Å². The molecule has 1 saturated heterocycles. The van der Waals surface area contributed by atoms with Crippen molar-refractivity contribution in [3.8, 4) is 0 Å². The van der Waals surface area contributed by atoms with Crippen LogP contribution < -0.4 is 22.9 Å². The van der Waals surface area contributed by atoms with E-state index in [2.05, 4.69) is 0 Å². The molecule has 0 bridgehead atoms. The zero-order valence-corrected chi connectivity index (χ0v) is 12.3. The quantitative estimate of drug-likeness (QED) is 0.244. The number of nitrogens with two attached hydrogens (primary N) is 4. The number of hydrogen-bond acceptors (Lipinski definition) is 10. The molecule has 1 saturated carbocycles. The molecule has 1 heterocycles. The molecule has 12 N–H and O–H groups in total. The van der Waals surface area contributed by atoms with Gasteiger partial charge in [0.05, 0.1) is 12.1 Å². The maximum Gasteiger partial charge on any atom is 0.249 e. The van der Waals surface area contributed by atoms with Gasteiger partial charge in [-0.3, -0.25) is 4.79 Å². The fourth-order valence-corrected chi connectivity index (χ4v) is 2.87. The average Bonchev–Trinajstić information content (AvgIpc) is 2.48. The van der Waals surface area contributed by atoms with E-state index < -0.39 is 66.9 Å². The third-order valence-electron chi connectivity index (χ3n) is 4.31. The summed E-state index contributed by atoms with van der Waals surface area (Å²) in [6.45, 7) is 0. The van der Waals surface area contributed by atoms with Crippen molar-refractivity contribution in [2.45, 2.75) is 67.5 Å². The first-order valence-corrected chi connectivity index (χ1v) is 7.24. The van der Waals surface area contributed by atoms with Crippen LogP contribution in [0.5, 0.6) is 0 Å². The van der Waals surface area contributed by atoms with Crippen molar-refractivity contribution in [3.63, 3.8) is 0 Å². The lowest BCUT2D eigenvalue weighted by molar-refractivity contribution is -0.284. The first-order chi connectivity index (χ1) is 10.6. The second-order valence-electron chi connectivity index (χ2n) is 6.03. The van der Waals surface area contributed by atoms with Gasteiger partial charge in [-0.15, -0.1) is 0 Å². The fourth-order valence-electron chi connectivity index (χ4n) is 2.87. The van der Waals surface area contributed by atoms with Crippen molar-refractivity contribution in [1.82, 2.24) is 0 Å². The maximum absolute atomic E-state index is 11.3. The molecule has 0 radical (unpaired) electrons. The van der Waals surface area contributed by atoms with Gasteiger partial charge in [0, 0.05) is 12.1 Å². The monoisotopic (exact) mass is 336 g/mol. The van der Waals surface area contributed by atoms with Gasteiger partial charge in [-0.05, 0) is 6.42 Å². The smallest absolute Gasteiger partial charge is 0.249 e. The zero-order valence-electron chi connectivity index (χ0n) is 12.3. The molecule has 10 atom stereocenters. The number of ether oxygens (including phenoxy) is 2. The van der Waals surface area contributed by atoms with Crippen LogP contribution in [0.25, 0.3) is 0 Å². The Bertz CT molecular complexity index is 442. The Morgan fingerprint density at radius 2 is 1.57 bits per heavy atom. The lowest BCUT2D eigenvalue weighted by Gasteiger charge is -2.45. The van der Waals surface area contributed by atoms with Crippen LogP contribution >= 0.6 is 0 Å². The van der Waals surface area contributed by atoms with E-state index in [1.54, 1.807) is 0 Å². The molecular weight excluding hydrogens is 312 g/mol. The van der Waals surface area contributed by atoms with Crippen molar-refractivity contribution in [1.29, 1.82) is 0 Å². The van der Waals surface area contributed by atoms with Crippen LogP contribution in [0, 0.1) is 0 Å². The van der Waals surface area contributed by atoms with Crippen molar-refractivity contribution >= 4 is 5.91 Å². The predicted molar refractivity (Wildman–Crippen MR) is 75.3 cm³/mol. The molecule has 0 aromatic rings. The summed E-state index contributed by atoms with van der Waals surface area (Å²) in [7, 11) is 0. The predicted octanol–water partition coefficient (Wildman–Crippen LogP) is -5.59. The van der Waals surface area contributed by atoms with Crippen LogP contribution in [0.15, 0.2) is 0 Å². The molecule has 23 heavy (non-hydrogen) atoms. The normalized spacial score (nSPS) is 51.4. The first kappa shape index (κ1) is 18.4. The number of carbonyl (C=O) groups excluding carboxylic acids is 1. The molecule has 0 unspecified atom stereocenters. The number of hydrogen-bond donors (Lipinski definition) is 8. The summed E-state index contributed by atoms with van der Waals surface area (Å²) in [5, 5.41) is 39.5. The van der Waals surface area contributed by atoms with Gasteiger partial charge in [0.2, 0.25) is 5.91 Å². The Kier molecular flexibility index (Phi) is 5.56. The van der Waals surface area contributed by atoms with Crippen molar-refractivity contribution in [2.24, 2.45) is 22.9 Å². The molecule has 1 aliphatic heterocycles. The van der Waals surface area contributed by atoms with E-state index in [1.165, 1.54) is 0 Å². The maximum atomic E-state index is 11.3. The van der Waals surface area contributed by atoms with E-state index in [-0.39, 0.29) is 6.42 Å². The van der Waals surface area contributed by atoms with E-state index in [1.807, 2.05) is 0 Å². The summed E-state index contributed by atoms with van der Waals surface area (Å²) in [5.74, 6) is -1.01. The Balaban J connectivity index is 2.12. The van der Waals surface area contributed by atoms with Gasteiger partial charge in [0.25, 0.3) is 0 Å². The van der Waals surface area contributed by atoms with Gasteiger partial charge in [0.1, 0.15) is 24.4 Å². The van der Waals surface area contributed by atoms with Gasteiger partial charge >= 0.3 is 0 Å². The van der Waals surface area contributed by atoms with Crippen LogP contribution in [0.4, 0.5) is 0 Å². The van der Waals surface area contributed by atoms with E-state index in [9.17, 15) is 25.2 Å². The zero-order chi connectivity index (χ0) is 17.5. The SMILES string of the molecule is NC(=O)[C@@H]1O[C@H](O[C@H]2[C@H](O)[C@@H](O)[C@H](N)C[C@@H]2N)[C@H](N)[C@@H](O)[C@@H]1O. The standard InChI is InChI=1S/C12H24N4O7/c13-2-1-3(14)9(7(19)5(2)17)22-12-4(15)6(18)8(20)10(23-12)11(16)21/h2-10,12,17-20H,1,13-15H2,(H2,16,21)/t2-,3+,4-,5+,6-,7-,8+,9-,10-,12+/m1/s1. The van der Waals surface area contributed by atoms with Gasteiger partial charge in [-0.25, -0.2) is 0 Å². The molecule has 2 aliphatic rings. The molecule has 0 aromatic carbocycles. The minimum Gasteiger partial charge on any atom is -0.389 e. The third kappa shape index (κ3) is 3.47. The highest BCUT2D eigenvalue weighted by Crippen LogP contribution is 2.27. The average molecular weight is 336 g/mol. The van der Waals surface area contributed by atoms with E-state index >= 15 is 0 Å². The first-order valence-electron chi connectivity index (χ1n) is 7.24. The number of amides is 1. The summed E-state index contributed by atoms with van der Waals surface area (Å²) >= 11 is 0. The lowest BCUT2D eigenvalue weighted by atomic mass is 9.84. The fraction of sp³-hybridized carbons (Fsp3) is 0.917. The van der Waals surface area contributed by atoms with E-state index in [4.69, 9.17) is 32.4 Å². The molecular formula is C12H24N4O7. The van der Waals surface area contributed by atoms with Crippen molar-refractivity contribution in [2.75, 3.05) is 0 Å². The Morgan fingerprint density at radius 1 is 0.957 bits per heavy atom. The minimum absolute atomic E-state index is 0.176. The summed E-state index contributed by atoms with van der Waals surface area (Å²) in [4.78, 5) is 11.3. The molecule has 134 valence electrons. The lowest BCUT2D eigenvalue weighted by Crippen LogP contribution is -2.68. The van der Waals surface area contributed by atoms with Gasteiger partial charge < -0.3 is 52.8 Å². The number of aliphatic hydroxyl groups is 4. The summed E-state index contributed by atoms with van der Waals surface area (Å²) in [5.41, 5.74) is 22.3. The Morgan fingerprint density at radius 3 is 2.13 bits per heavy atom. The summed E-state index contributed by atoms with van der Waals surface area (Å²) in [6.07, 6.45) is -9.60. The van der Waals surface area contributed by atoms with Gasteiger partial charge in [-0.2, -0.15) is 0 Å². The summed E-state index contributed by atoms with van der Waals surface area (Å²) in [6, 6.07) is -2.66. The number of aliphatic hydroxyl groups excluding tert-OH is 4. The topological polar surface area (TPSA) is 221 Å². The van der Waals surface area contributed by atoms with Crippen LogP contribution in [-0.2, 0) is 14.3 Å². The Hall–Kier alpha value is -0.890. The molecule has 1 amide bonds. The Labute approximate surface area is 132 Å². The second-order valence-corrected chi connectivity index (χ2v) is 6.03. The minimum atomic E-state index is -1.61. The van der Waals surface area contributed by atoms with Crippen LogP contribution in [0.3, 0.4) is 0 Å². The summed E-state index contributed by atoms with van der Waals surface area (Å²) < 4.78 is 10.7. The second kappa shape index (κ2) is 6.93. The van der Waals surface area contributed by atoms with Gasteiger partial charge in [0.15, 0.2) is 12.4 Å². The third-order valence-corrected chi connectivity index (χ3v) is 4.31. The highest BCUT2D eigenvalue weighted by atomic mass is 16.7. The number of rotatable bonds is 3. The highest BCUT2D eigenvalue weighted by molar-refractivity contribution is 5.79. The number of carbonyl (C=O) groups is 1. The highest BCUT2D eigenvalue weighted by Gasteiger charge is 2.49. The van der Waals surface area contributed by atoms with Crippen LogP contribution in [0.1, 0.15) is 6.42 Å². The van der Waals surface area contributed by atoms with Crippen molar-refractivity contribution in [3.05, 3.63) is 0 Å². The molecule has 0 aromatic heterocycles. The van der Waals surface area contributed by atoms with Crippen LogP contribution in [-0.4, -0.2) is 87.4 Å². The van der Waals surface area contributed by atoms with Crippen LogP contribution in [0.2, 0.25) is 0 Å². The molecule has 1 aliphatic carbocycles. The molecule has 0 spiro atoms. The van der Waals surface area contributed by atoms with Crippen molar-refractivity contribution < 1.29 is 34.7 Å². The molecule has 2 fully saturated rings. The molecule has 11 heteroatoms. The number of primary amides is 1.